The van der Waals surface area contributed by atoms with Crippen molar-refractivity contribution in [3.63, 3.8) is 0 Å². The molecule has 0 heterocycles. The van der Waals surface area contributed by atoms with Crippen LogP contribution in [0.4, 0.5) is 0 Å². The molecule has 1 fully saturated rings. The molecule has 0 radical (unpaired) electrons. The van der Waals surface area contributed by atoms with E-state index in [9.17, 15) is 4.79 Å². The van der Waals surface area contributed by atoms with Crippen molar-refractivity contribution in [2.45, 2.75) is 32.1 Å². The molecule has 108 valence electrons. The number of nitrogens with one attached hydrogen (secondary N) is 1. The molecule has 0 atom stereocenters. The lowest BCUT2D eigenvalue weighted by atomic mass is 10.0. The highest BCUT2D eigenvalue weighted by molar-refractivity contribution is 6.01. The summed E-state index contributed by atoms with van der Waals surface area (Å²) < 4.78 is 0. The molecule has 1 aromatic rings. The third-order valence-electron chi connectivity index (χ3n) is 3.84. The number of rotatable bonds is 5. The average Bonchev–Trinajstić information content (AvgIpc) is 2.99. The SMILES string of the molecule is N/C(=N\O)c1cccc(C(=O)NCCC2CCCC2)c1. The predicted molar refractivity (Wildman–Crippen MR) is 77.9 cm³/mol. The molecule has 0 saturated heterocycles. The van der Waals surface area contributed by atoms with Crippen LogP contribution in [0.15, 0.2) is 29.4 Å². The molecule has 0 bridgehead atoms. The second-order valence-electron chi connectivity index (χ2n) is 5.26. The zero-order chi connectivity index (χ0) is 14.4. The Kier molecular flexibility index (Phi) is 4.98. The van der Waals surface area contributed by atoms with Crippen molar-refractivity contribution in [2.75, 3.05) is 6.54 Å². The third-order valence-corrected chi connectivity index (χ3v) is 3.84. The van der Waals surface area contributed by atoms with Crippen LogP contribution in [0.1, 0.15) is 48.0 Å². The Hall–Kier alpha value is -2.04. The van der Waals surface area contributed by atoms with Crippen LogP contribution >= 0.6 is 0 Å². The molecule has 0 aromatic heterocycles. The van der Waals surface area contributed by atoms with Gasteiger partial charge < -0.3 is 16.3 Å². The number of nitrogens with zero attached hydrogens (tertiary/aromatic N) is 1. The Morgan fingerprint density at radius 2 is 2.05 bits per heavy atom. The van der Waals surface area contributed by atoms with E-state index >= 15 is 0 Å². The fraction of sp³-hybridized carbons (Fsp3) is 0.467. The summed E-state index contributed by atoms with van der Waals surface area (Å²) in [5, 5.41) is 14.5. The fourth-order valence-electron chi connectivity index (χ4n) is 2.67. The minimum Gasteiger partial charge on any atom is -0.409 e. The summed E-state index contributed by atoms with van der Waals surface area (Å²) in [6.45, 7) is 0.706. The maximum Gasteiger partial charge on any atom is 0.251 e. The Balaban J connectivity index is 1.88. The molecule has 5 nitrogen and oxygen atoms in total. The van der Waals surface area contributed by atoms with E-state index < -0.39 is 0 Å². The summed E-state index contributed by atoms with van der Waals surface area (Å²) in [6, 6.07) is 6.77. The number of amidine groups is 1. The molecule has 0 aliphatic heterocycles. The molecule has 1 aromatic carbocycles. The standard InChI is InChI=1S/C15H21N3O2/c16-14(18-20)12-6-3-7-13(10-12)15(19)17-9-8-11-4-1-2-5-11/h3,6-7,10-11,20H,1-2,4-5,8-9H2,(H2,16,18)(H,17,19). The van der Waals surface area contributed by atoms with E-state index in [2.05, 4.69) is 10.5 Å². The summed E-state index contributed by atoms with van der Waals surface area (Å²) in [4.78, 5) is 12.0. The Bertz CT molecular complexity index is 494. The minimum atomic E-state index is -0.115. The monoisotopic (exact) mass is 275 g/mol. The summed E-state index contributed by atoms with van der Waals surface area (Å²) in [5.41, 5.74) is 6.58. The Morgan fingerprint density at radius 3 is 2.75 bits per heavy atom. The van der Waals surface area contributed by atoms with E-state index in [0.717, 1.165) is 12.3 Å². The van der Waals surface area contributed by atoms with Gasteiger partial charge in [0, 0.05) is 17.7 Å². The van der Waals surface area contributed by atoms with Gasteiger partial charge >= 0.3 is 0 Å². The number of benzene rings is 1. The lowest BCUT2D eigenvalue weighted by Gasteiger charge is -2.10. The lowest BCUT2D eigenvalue weighted by Crippen LogP contribution is -2.26. The van der Waals surface area contributed by atoms with Crippen LogP contribution < -0.4 is 11.1 Å². The maximum absolute atomic E-state index is 12.0. The van der Waals surface area contributed by atoms with Gasteiger partial charge in [-0.25, -0.2) is 0 Å². The topological polar surface area (TPSA) is 87.7 Å². The number of carbonyl (C=O) groups excluding carboxylic acids is 1. The third kappa shape index (κ3) is 3.73. The van der Waals surface area contributed by atoms with E-state index in [1.807, 2.05) is 0 Å². The molecule has 1 amide bonds. The van der Waals surface area contributed by atoms with Gasteiger partial charge in [0.05, 0.1) is 0 Å². The van der Waals surface area contributed by atoms with Gasteiger partial charge in [0.1, 0.15) is 0 Å². The van der Waals surface area contributed by atoms with Gasteiger partial charge in [-0.2, -0.15) is 0 Å². The van der Waals surface area contributed by atoms with Gasteiger partial charge in [-0.05, 0) is 24.5 Å². The number of amides is 1. The number of oxime groups is 1. The summed E-state index contributed by atoms with van der Waals surface area (Å²) in [7, 11) is 0. The largest absolute Gasteiger partial charge is 0.409 e. The molecule has 0 spiro atoms. The highest BCUT2D eigenvalue weighted by atomic mass is 16.4. The average molecular weight is 275 g/mol. The second kappa shape index (κ2) is 6.93. The van der Waals surface area contributed by atoms with Gasteiger partial charge in [0.2, 0.25) is 0 Å². The van der Waals surface area contributed by atoms with Crippen molar-refractivity contribution >= 4 is 11.7 Å². The first-order chi connectivity index (χ1) is 9.70. The quantitative estimate of drug-likeness (QED) is 0.333. The van der Waals surface area contributed by atoms with Crippen molar-refractivity contribution in [1.29, 1.82) is 0 Å². The summed E-state index contributed by atoms with van der Waals surface area (Å²) in [5.74, 6) is 0.653. The smallest absolute Gasteiger partial charge is 0.251 e. The Labute approximate surface area is 118 Å². The molecule has 20 heavy (non-hydrogen) atoms. The van der Waals surface area contributed by atoms with E-state index in [1.54, 1.807) is 24.3 Å². The predicted octanol–water partition coefficient (Wildman–Crippen LogP) is 2.09. The number of hydrogen-bond donors (Lipinski definition) is 3. The van der Waals surface area contributed by atoms with Gasteiger partial charge in [-0.3, -0.25) is 4.79 Å². The van der Waals surface area contributed by atoms with Crippen LogP contribution in [-0.4, -0.2) is 23.5 Å². The molecule has 5 heteroatoms. The minimum absolute atomic E-state index is 0.00519. The van der Waals surface area contributed by atoms with E-state index in [-0.39, 0.29) is 11.7 Å². The van der Waals surface area contributed by atoms with Gasteiger partial charge in [-0.15, -0.1) is 0 Å². The number of carbonyl (C=O) groups is 1. The van der Waals surface area contributed by atoms with Crippen molar-refractivity contribution in [2.24, 2.45) is 16.8 Å². The van der Waals surface area contributed by atoms with E-state index in [1.165, 1.54) is 25.7 Å². The van der Waals surface area contributed by atoms with Gasteiger partial charge in [-0.1, -0.05) is 43.0 Å². The molecule has 0 unspecified atom stereocenters. The first-order valence-corrected chi connectivity index (χ1v) is 7.07. The fourth-order valence-corrected chi connectivity index (χ4v) is 2.67. The molecular weight excluding hydrogens is 254 g/mol. The zero-order valence-electron chi connectivity index (χ0n) is 11.5. The van der Waals surface area contributed by atoms with Crippen LogP contribution in [0.25, 0.3) is 0 Å². The normalized spacial score (nSPS) is 16.3. The Morgan fingerprint density at radius 1 is 1.35 bits per heavy atom. The summed E-state index contributed by atoms with van der Waals surface area (Å²) >= 11 is 0. The molecule has 1 saturated carbocycles. The van der Waals surface area contributed by atoms with E-state index in [4.69, 9.17) is 10.9 Å². The van der Waals surface area contributed by atoms with Crippen LogP contribution in [0, 0.1) is 5.92 Å². The highest BCUT2D eigenvalue weighted by Crippen LogP contribution is 2.26. The van der Waals surface area contributed by atoms with Crippen molar-refractivity contribution < 1.29 is 10.0 Å². The van der Waals surface area contributed by atoms with E-state index in [0.29, 0.717) is 17.7 Å². The van der Waals surface area contributed by atoms with Crippen LogP contribution in [0.2, 0.25) is 0 Å². The first-order valence-electron chi connectivity index (χ1n) is 7.07. The maximum atomic E-state index is 12.0. The van der Waals surface area contributed by atoms with Crippen molar-refractivity contribution in [3.05, 3.63) is 35.4 Å². The van der Waals surface area contributed by atoms with Crippen LogP contribution in [0.5, 0.6) is 0 Å². The first kappa shape index (κ1) is 14.4. The zero-order valence-corrected chi connectivity index (χ0v) is 11.5. The van der Waals surface area contributed by atoms with Gasteiger partial charge in [0.15, 0.2) is 5.84 Å². The molecule has 4 N–H and O–H groups in total. The molecule has 1 aliphatic rings. The molecule has 2 rings (SSSR count). The summed E-state index contributed by atoms with van der Waals surface area (Å²) in [6.07, 6.45) is 6.26. The molecular formula is C15H21N3O2. The second-order valence-corrected chi connectivity index (χ2v) is 5.26. The van der Waals surface area contributed by atoms with Crippen molar-refractivity contribution in [3.8, 4) is 0 Å². The van der Waals surface area contributed by atoms with Crippen LogP contribution in [-0.2, 0) is 0 Å². The lowest BCUT2D eigenvalue weighted by molar-refractivity contribution is 0.0951. The number of nitrogens with two attached hydrogens (primary N) is 1. The number of hydrogen-bond acceptors (Lipinski definition) is 3. The highest BCUT2D eigenvalue weighted by Gasteiger charge is 2.15. The van der Waals surface area contributed by atoms with Gasteiger partial charge in [0.25, 0.3) is 5.91 Å². The van der Waals surface area contributed by atoms with Crippen molar-refractivity contribution in [1.82, 2.24) is 5.32 Å². The van der Waals surface area contributed by atoms with Crippen LogP contribution in [0.3, 0.4) is 0 Å². The molecule has 1 aliphatic carbocycles.